The number of alkyl halides is 3. The number of carbonyl (C=O) groups excluding carboxylic acids is 2. The first-order valence-electron chi connectivity index (χ1n) is 6.39. The van der Waals surface area contributed by atoms with Crippen molar-refractivity contribution in [3.63, 3.8) is 0 Å². The third kappa shape index (κ3) is 2.78. The molecule has 0 saturated carbocycles. The van der Waals surface area contributed by atoms with E-state index in [2.05, 4.69) is 5.32 Å². The predicted molar refractivity (Wildman–Crippen MR) is 67.3 cm³/mol. The van der Waals surface area contributed by atoms with Gasteiger partial charge in [0, 0.05) is 6.08 Å². The SMILES string of the molecule is O=C(NC1=CC(=O)C2OC2C1O)c1ccc(C(F)(F)F)[nH]c1=O. The van der Waals surface area contributed by atoms with Crippen LogP contribution in [0.5, 0.6) is 0 Å². The Morgan fingerprint density at radius 2 is 2.00 bits per heavy atom. The van der Waals surface area contributed by atoms with Crippen LogP contribution in [0, 0.1) is 0 Å². The summed E-state index contributed by atoms with van der Waals surface area (Å²) in [6.45, 7) is 0. The number of aliphatic hydroxyl groups excluding tert-OH is 1. The molecule has 122 valence electrons. The first kappa shape index (κ1) is 15.4. The lowest BCUT2D eigenvalue weighted by Crippen LogP contribution is -2.39. The van der Waals surface area contributed by atoms with E-state index in [1.165, 1.54) is 0 Å². The summed E-state index contributed by atoms with van der Waals surface area (Å²) in [5.74, 6) is -1.49. The molecule has 1 aromatic rings. The number of pyridine rings is 1. The number of hydrogen-bond donors (Lipinski definition) is 3. The van der Waals surface area contributed by atoms with Crippen molar-refractivity contribution in [2.75, 3.05) is 0 Å². The highest BCUT2D eigenvalue weighted by Crippen LogP contribution is 2.33. The van der Waals surface area contributed by atoms with Gasteiger partial charge in [-0.05, 0) is 12.1 Å². The Labute approximate surface area is 125 Å². The lowest BCUT2D eigenvalue weighted by atomic mass is 10.0. The second-order valence-electron chi connectivity index (χ2n) is 5.03. The Balaban J connectivity index is 1.82. The molecule has 1 saturated heterocycles. The van der Waals surface area contributed by atoms with Crippen LogP contribution in [0.3, 0.4) is 0 Å². The van der Waals surface area contributed by atoms with Crippen LogP contribution in [0.4, 0.5) is 13.2 Å². The fraction of sp³-hybridized carbons (Fsp3) is 0.308. The maximum Gasteiger partial charge on any atom is 0.431 e. The van der Waals surface area contributed by atoms with Gasteiger partial charge in [0.2, 0.25) is 0 Å². The van der Waals surface area contributed by atoms with Crippen LogP contribution in [0.25, 0.3) is 0 Å². The Kier molecular flexibility index (Phi) is 3.38. The molecule has 3 N–H and O–H groups in total. The van der Waals surface area contributed by atoms with E-state index in [4.69, 9.17) is 4.74 Å². The van der Waals surface area contributed by atoms with Gasteiger partial charge in [0.25, 0.3) is 11.5 Å². The van der Waals surface area contributed by atoms with Crippen molar-refractivity contribution in [3.8, 4) is 0 Å². The second-order valence-corrected chi connectivity index (χ2v) is 5.03. The summed E-state index contributed by atoms with van der Waals surface area (Å²) in [7, 11) is 0. The number of halogens is 3. The first-order chi connectivity index (χ1) is 10.7. The third-order valence-electron chi connectivity index (χ3n) is 3.45. The zero-order chi connectivity index (χ0) is 16.9. The molecule has 1 aliphatic carbocycles. The average molecular weight is 330 g/mol. The van der Waals surface area contributed by atoms with Crippen LogP contribution in [0.1, 0.15) is 16.1 Å². The largest absolute Gasteiger partial charge is 0.431 e. The Morgan fingerprint density at radius 3 is 2.61 bits per heavy atom. The molecule has 0 aromatic carbocycles. The summed E-state index contributed by atoms with van der Waals surface area (Å²) in [5, 5.41) is 12.0. The van der Waals surface area contributed by atoms with Gasteiger partial charge in [-0.1, -0.05) is 0 Å². The highest BCUT2D eigenvalue weighted by molar-refractivity contribution is 6.00. The number of amides is 1. The van der Waals surface area contributed by atoms with E-state index >= 15 is 0 Å². The highest BCUT2D eigenvalue weighted by Gasteiger charge is 2.53. The van der Waals surface area contributed by atoms with Crippen LogP contribution >= 0.6 is 0 Å². The molecule has 23 heavy (non-hydrogen) atoms. The minimum Gasteiger partial charge on any atom is -0.384 e. The molecule has 0 radical (unpaired) electrons. The number of aromatic nitrogens is 1. The van der Waals surface area contributed by atoms with Crippen molar-refractivity contribution >= 4 is 11.7 Å². The van der Waals surface area contributed by atoms with E-state index in [0.29, 0.717) is 12.1 Å². The zero-order valence-electron chi connectivity index (χ0n) is 11.2. The molecule has 10 heteroatoms. The number of fused-ring (bicyclic) bond motifs is 1. The number of carbonyl (C=O) groups is 2. The number of H-pyrrole nitrogens is 1. The van der Waals surface area contributed by atoms with E-state index in [-0.39, 0.29) is 5.70 Å². The molecule has 3 rings (SSSR count). The van der Waals surface area contributed by atoms with E-state index in [1.54, 1.807) is 4.98 Å². The lowest BCUT2D eigenvalue weighted by Gasteiger charge is -2.16. The molecule has 2 aliphatic rings. The summed E-state index contributed by atoms with van der Waals surface area (Å²) in [5.41, 5.74) is -3.29. The number of aromatic amines is 1. The number of ketones is 1. The smallest absolute Gasteiger partial charge is 0.384 e. The standard InChI is InChI=1S/C13H9F3N2O5/c14-13(15,16)7-2-1-4(12(22)18-7)11(21)17-5-3-6(19)9-10(23-9)8(5)20/h1-3,8-10,20H,(H,17,21)(H,18,22). The summed E-state index contributed by atoms with van der Waals surface area (Å²) in [6.07, 6.45) is -6.53. The van der Waals surface area contributed by atoms with Gasteiger partial charge >= 0.3 is 6.18 Å². The Bertz CT molecular complexity index is 783. The maximum atomic E-state index is 12.5. The van der Waals surface area contributed by atoms with Gasteiger partial charge in [0.15, 0.2) is 5.78 Å². The molecule has 0 bridgehead atoms. The molecular weight excluding hydrogens is 321 g/mol. The molecule has 1 aliphatic heterocycles. The zero-order valence-corrected chi connectivity index (χ0v) is 11.2. The molecular formula is C13H9F3N2O5. The van der Waals surface area contributed by atoms with E-state index in [1.807, 2.05) is 0 Å². The lowest BCUT2D eigenvalue weighted by molar-refractivity contribution is -0.141. The number of epoxide rings is 1. The molecule has 3 unspecified atom stereocenters. The van der Waals surface area contributed by atoms with E-state index < -0.39 is 53.0 Å². The maximum absolute atomic E-state index is 12.5. The normalized spacial score (nSPS) is 26.3. The number of hydrogen-bond acceptors (Lipinski definition) is 5. The molecule has 1 amide bonds. The topological polar surface area (TPSA) is 112 Å². The second kappa shape index (κ2) is 5.03. The van der Waals surface area contributed by atoms with Crippen molar-refractivity contribution < 1.29 is 32.6 Å². The number of rotatable bonds is 2. The van der Waals surface area contributed by atoms with Gasteiger partial charge in [0.1, 0.15) is 29.6 Å². The number of aliphatic hydroxyl groups is 1. The van der Waals surface area contributed by atoms with Gasteiger partial charge in [-0.2, -0.15) is 13.2 Å². The highest BCUT2D eigenvalue weighted by atomic mass is 19.4. The van der Waals surface area contributed by atoms with Crippen molar-refractivity contribution in [1.29, 1.82) is 0 Å². The van der Waals surface area contributed by atoms with Crippen LogP contribution in [0.2, 0.25) is 0 Å². The fourth-order valence-corrected chi connectivity index (χ4v) is 2.22. The van der Waals surface area contributed by atoms with Crippen LogP contribution in [-0.4, -0.2) is 40.1 Å². The Hall–Kier alpha value is -2.46. The van der Waals surface area contributed by atoms with Crippen molar-refractivity contribution in [3.05, 3.63) is 45.5 Å². The summed E-state index contributed by atoms with van der Waals surface area (Å²) < 4.78 is 42.3. The molecule has 2 heterocycles. The van der Waals surface area contributed by atoms with Crippen molar-refractivity contribution in [2.24, 2.45) is 0 Å². The van der Waals surface area contributed by atoms with Crippen molar-refractivity contribution in [1.82, 2.24) is 10.3 Å². The van der Waals surface area contributed by atoms with Gasteiger partial charge in [-0.25, -0.2) is 0 Å². The molecule has 1 aromatic heterocycles. The monoisotopic (exact) mass is 330 g/mol. The molecule has 0 spiro atoms. The number of nitrogens with one attached hydrogen (secondary N) is 2. The molecule has 3 atom stereocenters. The van der Waals surface area contributed by atoms with Crippen LogP contribution in [0.15, 0.2) is 28.7 Å². The Morgan fingerprint density at radius 1 is 1.30 bits per heavy atom. The minimum atomic E-state index is -4.75. The van der Waals surface area contributed by atoms with Crippen LogP contribution in [-0.2, 0) is 15.7 Å². The van der Waals surface area contributed by atoms with E-state index in [0.717, 1.165) is 6.08 Å². The fourth-order valence-electron chi connectivity index (χ4n) is 2.22. The van der Waals surface area contributed by atoms with Gasteiger partial charge in [0.05, 0.1) is 5.70 Å². The van der Waals surface area contributed by atoms with E-state index in [9.17, 15) is 32.7 Å². The van der Waals surface area contributed by atoms with Crippen molar-refractivity contribution in [2.45, 2.75) is 24.5 Å². The number of ether oxygens (including phenoxy) is 1. The first-order valence-corrected chi connectivity index (χ1v) is 6.39. The summed E-state index contributed by atoms with van der Waals surface area (Å²) in [6, 6.07) is 1.26. The molecule has 7 nitrogen and oxygen atoms in total. The minimum absolute atomic E-state index is 0.168. The molecule has 1 fully saturated rings. The quantitative estimate of drug-likeness (QED) is 0.646. The van der Waals surface area contributed by atoms with Crippen LogP contribution < -0.4 is 10.9 Å². The van der Waals surface area contributed by atoms with Gasteiger partial charge in [-0.3, -0.25) is 14.4 Å². The summed E-state index contributed by atoms with van der Waals surface area (Å²) in [4.78, 5) is 36.6. The summed E-state index contributed by atoms with van der Waals surface area (Å²) >= 11 is 0. The average Bonchev–Trinajstić information content (AvgIpc) is 3.24. The van der Waals surface area contributed by atoms with Gasteiger partial charge in [-0.15, -0.1) is 0 Å². The third-order valence-corrected chi connectivity index (χ3v) is 3.45. The predicted octanol–water partition coefficient (Wildman–Crippen LogP) is -0.282. The van der Waals surface area contributed by atoms with Gasteiger partial charge < -0.3 is 20.1 Å².